The van der Waals surface area contributed by atoms with E-state index in [0.717, 1.165) is 4.90 Å². The van der Waals surface area contributed by atoms with Gasteiger partial charge in [-0.15, -0.1) is 0 Å². The number of ether oxygens (including phenoxy) is 1. The average Bonchev–Trinajstić information content (AvgIpc) is 2.10. The van der Waals surface area contributed by atoms with E-state index in [1.54, 1.807) is 7.05 Å². The van der Waals surface area contributed by atoms with Crippen LogP contribution in [0.2, 0.25) is 0 Å². The summed E-state index contributed by atoms with van der Waals surface area (Å²) in [6, 6.07) is -0.291. The van der Waals surface area contributed by atoms with Crippen molar-refractivity contribution < 1.29 is 19.4 Å². The lowest BCUT2D eigenvalue weighted by Gasteiger charge is -2.39. The van der Waals surface area contributed by atoms with Crippen LogP contribution in [0.3, 0.4) is 0 Å². The number of hydrogen-bond donors (Lipinski definition) is 1. The van der Waals surface area contributed by atoms with Crippen molar-refractivity contribution in [2.75, 3.05) is 20.6 Å². The van der Waals surface area contributed by atoms with Crippen molar-refractivity contribution in [3.63, 3.8) is 0 Å². The first kappa shape index (κ1) is 10.8. The minimum atomic E-state index is -1.07. The Morgan fingerprint density at radius 2 is 2.14 bits per heavy atom. The van der Waals surface area contributed by atoms with Gasteiger partial charge in [-0.2, -0.15) is 0 Å². The van der Waals surface area contributed by atoms with E-state index in [-0.39, 0.29) is 12.6 Å². The molecule has 6 heteroatoms. The van der Waals surface area contributed by atoms with E-state index >= 15 is 0 Å². The van der Waals surface area contributed by atoms with Crippen LogP contribution in [0, 0.1) is 0 Å². The summed E-state index contributed by atoms with van der Waals surface area (Å²) in [6.45, 7) is 1.48. The maximum Gasteiger partial charge on any atom is 0.321 e. The van der Waals surface area contributed by atoms with E-state index in [9.17, 15) is 14.7 Å². The molecule has 1 heterocycles. The number of carbonyl (C=O) groups excluding carboxylic acids is 2. The van der Waals surface area contributed by atoms with Gasteiger partial charge in [-0.1, -0.05) is 0 Å². The molecule has 0 aliphatic carbocycles. The Morgan fingerprint density at radius 1 is 1.57 bits per heavy atom. The fraction of sp³-hybridized carbons (Fsp3) is 0.750. The van der Waals surface area contributed by atoms with Crippen molar-refractivity contribution in [1.29, 1.82) is 0 Å². The molecule has 1 rings (SSSR count). The second-order valence-electron chi connectivity index (χ2n) is 3.34. The Labute approximate surface area is 82.0 Å². The van der Waals surface area contributed by atoms with Crippen LogP contribution in [0.25, 0.3) is 0 Å². The summed E-state index contributed by atoms with van der Waals surface area (Å²) in [5.74, 6) is -0.467. The zero-order valence-electron chi connectivity index (χ0n) is 8.43. The molecule has 2 amide bonds. The van der Waals surface area contributed by atoms with Gasteiger partial charge in [0, 0.05) is 21.0 Å². The zero-order valence-corrected chi connectivity index (χ0v) is 8.43. The van der Waals surface area contributed by atoms with E-state index in [1.807, 2.05) is 0 Å². The number of nitrogens with zero attached hydrogens (tertiary/aromatic N) is 2. The molecule has 2 atom stereocenters. The minimum absolute atomic E-state index is 0.212. The molecule has 1 fully saturated rings. The molecule has 80 valence electrons. The number of likely N-dealkylation sites (N-methyl/N-ethyl adjacent to an activating group) is 2. The number of carbonyl (C=O) groups is 2. The highest BCUT2D eigenvalue weighted by Crippen LogP contribution is 2.14. The summed E-state index contributed by atoms with van der Waals surface area (Å²) in [4.78, 5) is 24.5. The van der Waals surface area contributed by atoms with Gasteiger partial charge in [-0.05, 0) is 0 Å². The smallest absolute Gasteiger partial charge is 0.321 e. The predicted octanol–water partition coefficient (Wildman–Crippen LogP) is -0.766. The molecule has 1 N–H and O–H groups in total. The first-order chi connectivity index (χ1) is 6.43. The van der Waals surface area contributed by atoms with E-state index in [1.165, 1.54) is 18.9 Å². The highest BCUT2D eigenvalue weighted by atomic mass is 16.6. The topological polar surface area (TPSA) is 70.1 Å². The fourth-order valence-electron chi connectivity index (χ4n) is 1.39. The maximum atomic E-state index is 11.3. The Balaban J connectivity index is 2.70. The summed E-state index contributed by atoms with van der Waals surface area (Å²) in [6.07, 6.45) is -1.75. The standard InChI is InChI=1S/C8H14N2O4/c1-5(11)14-6-4-9(2)8(13)10(3)7(6)12/h6-7,12H,4H2,1-3H3. The lowest BCUT2D eigenvalue weighted by atomic mass is 10.2. The summed E-state index contributed by atoms with van der Waals surface area (Å²) >= 11 is 0. The van der Waals surface area contributed by atoms with Crippen LogP contribution in [0.1, 0.15) is 6.92 Å². The molecule has 6 nitrogen and oxygen atoms in total. The van der Waals surface area contributed by atoms with E-state index < -0.39 is 18.3 Å². The van der Waals surface area contributed by atoms with E-state index in [2.05, 4.69) is 0 Å². The van der Waals surface area contributed by atoms with Crippen LogP contribution in [0.4, 0.5) is 4.79 Å². The second-order valence-corrected chi connectivity index (χ2v) is 3.34. The van der Waals surface area contributed by atoms with Gasteiger partial charge in [-0.25, -0.2) is 4.79 Å². The van der Waals surface area contributed by atoms with Crippen LogP contribution in [0.5, 0.6) is 0 Å². The third-order valence-electron chi connectivity index (χ3n) is 2.13. The normalized spacial score (nSPS) is 27.9. The highest BCUT2D eigenvalue weighted by Gasteiger charge is 2.37. The van der Waals surface area contributed by atoms with Gasteiger partial charge in [-0.3, -0.25) is 9.69 Å². The lowest BCUT2D eigenvalue weighted by Crippen LogP contribution is -2.59. The van der Waals surface area contributed by atoms with E-state index in [0.29, 0.717) is 0 Å². The van der Waals surface area contributed by atoms with Gasteiger partial charge in [0.25, 0.3) is 0 Å². The van der Waals surface area contributed by atoms with Gasteiger partial charge in [0.15, 0.2) is 12.3 Å². The molecule has 2 unspecified atom stereocenters. The number of esters is 1. The van der Waals surface area contributed by atoms with Crippen LogP contribution in [0.15, 0.2) is 0 Å². The van der Waals surface area contributed by atoms with Crippen molar-refractivity contribution in [3.05, 3.63) is 0 Å². The van der Waals surface area contributed by atoms with Crippen molar-refractivity contribution in [2.24, 2.45) is 0 Å². The molecule has 0 aromatic carbocycles. The molecule has 0 bridgehead atoms. The highest BCUT2D eigenvalue weighted by molar-refractivity contribution is 5.75. The summed E-state index contributed by atoms with van der Waals surface area (Å²) in [5, 5.41) is 9.58. The molecule has 0 spiro atoms. The number of amides is 2. The van der Waals surface area contributed by atoms with Gasteiger partial charge in [0.1, 0.15) is 0 Å². The van der Waals surface area contributed by atoms with Gasteiger partial charge >= 0.3 is 12.0 Å². The fourth-order valence-corrected chi connectivity index (χ4v) is 1.39. The van der Waals surface area contributed by atoms with Crippen LogP contribution in [-0.2, 0) is 9.53 Å². The third-order valence-corrected chi connectivity index (χ3v) is 2.13. The zero-order chi connectivity index (χ0) is 10.9. The Kier molecular flexibility index (Phi) is 2.95. The van der Waals surface area contributed by atoms with Crippen molar-refractivity contribution in [1.82, 2.24) is 9.80 Å². The third kappa shape index (κ3) is 1.95. The summed E-state index contributed by atoms with van der Waals surface area (Å²) < 4.78 is 4.87. The van der Waals surface area contributed by atoms with Gasteiger partial charge in [0.2, 0.25) is 0 Å². The molecular weight excluding hydrogens is 188 g/mol. The van der Waals surface area contributed by atoms with Crippen LogP contribution < -0.4 is 0 Å². The molecule has 0 aromatic rings. The molecule has 1 aliphatic rings. The van der Waals surface area contributed by atoms with Gasteiger partial charge < -0.3 is 14.7 Å². The molecule has 1 saturated heterocycles. The van der Waals surface area contributed by atoms with Crippen LogP contribution in [-0.4, -0.2) is 59.9 Å². The first-order valence-corrected chi connectivity index (χ1v) is 4.26. The summed E-state index contributed by atoms with van der Waals surface area (Å²) in [7, 11) is 3.04. The van der Waals surface area contributed by atoms with Crippen molar-refractivity contribution in [2.45, 2.75) is 19.3 Å². The lowest BCUT2D eigenvalue weighted by molar-refractivity contribution is -0.163. The first-order valence-electron chi connectivity index (χ1n) is 4.26. The maximum absolute atomic E-state index is 11.3. The minimum Gasteiger partial charge on any atom is -0.456 e. The monoisotopic (exact) mass is 202 g/mol. The second kappa shape index (κ2) is 3.83. The SMILES string of the molecule is CC(=O)OC1CN(C)C(=O)N(C)C1O. The largest absolute Gasteiger partial charge is 0.456 e. The number of urea groups is 1. The summed E-state index contributed by atoms with van der Waals surface area (Å²) in [5.41, 5.74) is 0. The van der Waals surface area contributed by atoms with Crippen molar-refractivity contribution >= 4 is 12.0 Å². The molecular formula is C8H14N2O4. The number of aliphatic hydroxyl groups excluding tert-OH is 1. The molecule has 0 saturated carbocycles. The Bertz CT molecular complexity index is 256. The van der Waals surface area contributed by atoms with E-state index in [4.69, 9.17) is 4.74 Å². The Morgan fingerprint density at radius 3 is 2.64 bits per heavy atom. The predicted molar refractivity (Wildman–Crippen MR) is 47.3 cm³/mol. The average molecular weight is 202 g/mol. The van der Waals surface area contributed by atoms with Crippen molar-refractivity contribution in [3.8, 4) is 0 Å². The molecule has 14 heavy (non-hydrogen) atoms. The molecule has 1 aliphatic heterocycles. The Hall–Kier alpha value is -1.30. The molecule has 0 radical (unpaired) electrons. The number of rotatable bonds is 1. The van der Waals surface area contributed by atoms with Crippen LogP contribution >= 0.6 is 0 Å². The quantitative estimate of drug-likeness (QED) is 0.567. The molecule has 0 aromatic heterocycles. The van der Waals surface area contributed by atoms with Gasteiger partial charge in [0.05, 0.1) is 6.54 Å². The number of hydrogen-bond acceptors (Lipinski definition) is 4. The number of aliphatic hydroxyl groups is 1.